The molecule has 3 aromatic rings. The topological polar surface area (TPSA) is 93.1 Å². The summed E-state index contributed by atoms with van der Waals surface area (Å²) in [6.07, 6.45) is 0.582. The van der Waals surface area contributed by atoms with Crippen LogP contribution in [-0.2, 0) is 17.1 Å². The molecule has 3 rings (SSSR count). The molecule has 2 N–H and O–H groups in total. The van der Waals surface area contributed by atoms with E-state index in [1.54, 1.807) is 29.8 Å². The zero-order valence-electron chi connectivity index (χ0n) is 16.2. The third-order valence-corrected chi connectivity index (χ3v) is 6.35. The Morgan fingerprint density at radius 1 is 1.10 bits per heavy atom. The van der Waals surface area contributed by atoms with Crippen molar-refractivity contribution in [3.63, 3.8) is 0 Å². The minimum Gasteiger partial charge on any atom is -0.308 e. The van der Waals surface area contributed by atoms with Crippen molar-refractivity contribution < 1.29 is 8.42 Å². The summed E-state index contributed by atoms with van der Waals surface area (Å²) in [4.78, 5) is 17.3. The van der Waals surface area contributed by atoms with Gasteiger partial charge in [0.1, 0.15) is 5.82 Å². The lowest BCUT2D eigenvalue weighted by Gasteiger charge is -2.17. The van der Waals surface area contributed by atoms with Crippen molar-refractivity contribution >= 4 is 32.5 Å². The highest BCUT2D eigenvalue weighted by Crippen LogP contribution is 2.14. The van der Waals surface area contributed by atoms with Gasteiger partial charge in [-0.25, -0.2) is 18.1 Å². The molecule has 0 radical (unpaired) electrons. The van der Waals surface area contributed by atoms with Crippen LogP contribution in [0.2, 0.25) is 5.02 Å². The summed E-state index contributed by atoms with van der Waals surface area (Å²) in [6.45, 7) is 2.77. The third-order valence-electron chi connectivity index (χ3n) is 4.63. The predicted molar refractivity (Wildman–Crippen MR) is 115 cm³/mol. The molecule has 9 heteroatoms. The molecule has 0 saturated carbocycles. The van der Waals surface area contributed by atoms with E-state index >= 15 is 0 Å². The summed E-state index contributed by atoms with van der Waals surface area (Å²) in [5.41, 5.74) is 0.574. The fourth-order valence-corrected chi connectivity index (χ4v) is 4.22. The summed E-state index contributed by atoms with van der Waals surface area (Å²) in [7, 11) is -1.86. The number of hydrogen-bond acceptors (Lipinski definition) is 5. The van der Waals surface area contributed by atoms with Crippen LogP contribution in [0.3, 0.4) is 0 Å². The molecular weight excluding hydrogens is 412 g/mol. The highest BCUT2D eigenvalue weighted by Gasteiger charge is 2.15. The van der Waals surface area contributed by atoms with Crippen molar-refractivity contribution in [1.29, 1.82) is 0 Å². The molecule has 0 bridgehead atoms. The second-order valence-corrected chi connectivity index (χ2v) is 8.94. The number of sulfonamides is 1. The Balaban J connectivity index is 1.56. The number of benzene rings is 2. The monoisotopic (exact) mass is 434 g/mol. The van der Waals surface area contributed by atoms with Crippen LogP contribution in [0, 0.1) is 0 Å². The van der Waals surface area contributed by atoms with Crippen LogP contribution in [0.15, 0.2) is 58.2 Å². The van der Waals surface area contributed by atoms with Crippen molar-refractivity contribution in [3.05, 3.63) is 69.7 Å². The Bertz CT molecular complexity index is 1160. The first-order valence-electron chi connectivity index (χ1n) is 9.24. The van der Waals surface area contributed by atoms with Crippen molar-refractivity contribution in [2.24, 2.45) is 7.05 Å². The van der Waals surface area contributed by atoms with E-state index in [1.807, 2.05) is 25.1 Å². The molecule has 1 aromatic heterocycles. The number of aromatic nitrogens is 2. The molecule has 154 valence electrons. The first kappa shape index (κ1) is 21.4. The predicted octanol–water partition coefficient (Wildman–Crippen LogP) is 2.61. The maximum atomic E-state index is 12.5. The molecule has 1 unspecified atom stereocenters. The summed E-state index contributed by atoms with van der Waals surface area (Å²) in [5, 5.41) is 4.36. The van der Waals surface area contributed by atoms with E-state index in [9.17, 15) is 13.2 Å². The summed E-state index contributed by atoms with van der Waals surface area (Å²) < 4.78 is 28.6. The number of rotatable bonds is 8. The van der Waals surface area contributed by atoms with Crippen LogP contribution in [-0.4, -0.2) is 31.1 Å². The molecule has 1 atom stereocenters. The standard InChI is InChI=1S/C20H23ClN4O3S/c1-14(19-24-18-7-4-3-6-17(18)20(26)25(19)2)22-12-5-13-23-29(27,28)16-10-8-15(21)9-11-16/h3-4,6-11,14,22-23H,5,12-13H2,1-2H3. The van der Waals surface area contributed by atoms with E-state index in [2.05, 4.69) is 15.0 Å². The Kier molecular flexibility index (Phi) is 6.69. The Labute approximate surface area is 174 Å². The first-order chi connectivity index (χ1) is 13.8. The maximum absolute atomic E-state index is 12.5. The number of para-hydroxylation sites is 1. The maximum Gasteiger partial charge on any atom is 0.261 e. The normalized spacial score (nSPS) is 12.9. The van der Waals surface area contributed by atoms with Crippen LogP contribution < -0.4 is 15.6 Å². The van der Waals surface area contributed by atoms with Gasteiger partial charge in [0.15, 0.2) is 0 Å². The van der Waals surface area contributed by atoms with E-state index < -0.39 is 10.0 Å². The van der Waals surface area contributed by atoms with Gasteiger partial charge in [0.05, 0.1) is 21.8 Å². The first-order valence-corrected chi connectivity index (χ1v) is 11.1. The van der Waals surface area contributed by atoms with Crippen LogP contribution in [0.25, 0.3) is 10.9 Å². The molecule has 0 aliphatic rings. The van der Waals surface area contributed by atoms with Crippen LogP contribution >= 0.6 is 11.6 Å². The van der Waals surface area contributed by atoms with Crippen molar-refractivity contribution in [1.82, 2.24) is 19.6 Å². The highest BCUT2D eigenvalue weighted by atomic mass is 35.5. The number of fused-ring (bicyclic) bond motifs is 1. The molecule has 0 amide bonds. The largest absolute Gasteiger partial charge is 0.308 e. The minimum atomic E-state index is -3.56. The van der Waals surface area contributed by atoms with E-state index in [4.69, 9.17) is 11.6 Å². The molecule has 0 fully saturated rings. The van der Waals surface area contributed by atoms with Gasteiger partial charge in [-0.3, -0.25) is 9.36 Å². The Hall–Kier alpha value is -2.26. The van der Waals surface area contributed by atoms with Gasteiger partial charge >= 0.3 is 0 Å². The van der Waals surface area contributed by atoms with Crippen molar-refractivity contribution in [2.45, 2.75) is 24.3 Å². The van der Waals surface area contributed by atoms with E-state index in [1.165, 1.54) is 12.1 Å². The van der Waals surface area contributed by atoms with Gasteiger partial charge in [0, 0.05) is 18.6 Å². The van der Waals surface area contributed by atoms with Gasteiger partial charge in [0.2, 0.25) is 10.0 Å². The zero-order chi connectivity index (χ0) is 21.0. The molecule has 0 spiro atoms. The molecule has 7 nitrogen and oxygen atoms in total. The lowest BCUT2D eigenvalue weighted by molar-refractivity contribution is 0.509. The Morgan fingerprint density at radius 2 is 1.79 bits per heavy atom. The average molecular weight is 435 g/mol. The van der Waals surface area contributed by atoms with Crippen molar-refractivity contribution in [3.8, 4) is 0 Å². The van der Waals surface area contributed by atoms with Gasteiger partial charge in [-0.15, -0.1) is 0 Å². The zero-order valence-corrected chi connectivity index (χ0v) is 17.8. The van der Waals surface area contributed by atoms with Gasteiger partial charge in [-0.05, 0) is 56.3 Å². The molecule has 2 aromatic carbocycles. The highest BCUT2D eigenvalue weighted by molar-refractivity contribution is 7.89. The quantitative estimate of drug-likeness (QED) is 0.531. The number of nitrogens with one attached hydrogen (secondary N) is 2. The van der Waals surface area contributed by atoms with Crippen LogP contribution in [0.5, 0.6) is 0 Å². The number of halogens is 1. The summed E-state index contributed by atoms with van der Waals surface area (Å²) in [6, 6.07) is 13.1. The van der Waals surface area contributed by atoms with Gasteiger partial charge in [-0.2, -0.15) is 0 Å². The summed E-state index contributed by atoms with van der Waals surface area (Å²) in [5.74, 6) is 0.635. The SMILES string of the molecule is CC(NCCCNS(=O)(=O)c1ccc(Cl)cc1)c1nc2ccccc2c(=O)n1C. The fraction of sp³-hybridized carbons (Fsp3) is 0.300. The smallest absolute Gasteiger partial charge is 0.261 e. The van der Waals surface area contributed by atoms with Gasteiger partial charge < -0.3 is 5.32 Å². The van der Waals surface area contributed by atoms with E-state index in [-0.39, 0.29) is 23.0 Å². The van der Waals surface area contributed by atoms with Crippen molar-refractivity contribution in [2.75, 3.05) is 13.1 Å². The van der Waals surface area contributed by atoms with Gasteiger partial charge in [0.25, 0.3) is 5.56 Å². The van der Waals surface area contributed by atoms with Crippen LogP contribution in [0.4, 0.5) is 0 Å². The van der Waals surface area contributed by atoms with Crippen LogP contribution in [0.1, 0.15) is 25.2 Å². The Morgan fingerprint density at radius 3 is 2.52 bits per heavy atom. The van der Waals surface area contributed by atoms with Gasteiger partial charge in [-0.1, -0.05) is 23.7 Å². The third kappa shape index (κ3) is 5.02. The fourth-order valence-electron chi connectivity index (χ4n) is 3.02. The van der Waals surface area contributed by atoms with E-state index in [0.29, 0.717) is 34.7 Å². The summed E-state index contributed by atoms with van der Waals surface area (Å²) >= 11 is 5.79. The lowest BCUT2D eigenvalue weighted by atomic mass is 10.2. The molecule has 29 heavy (non-hydrogen) atoms. The lowest BCUT2D eigenvalue weighted by Crippen LogP contribution is -2.31. The molecule has 0 aliphatic heterocycles. The molecular formula is C20H23ClN4O3S. The molecule has 0 aliphatic carbocycles. The average Bonchev–Trinajstić information content (AvgIpc) is 2.70. The second kappa shape index (κ2) is 9.04. The molecule has 1 heterocycles. The number of nitrogens with zero attached hydrogens (tertiary/aromatic N) is 2. The second-order valence-electron chi connectivity index (χ2n) is 6.73. The molecule has 0 saturated heterocycles. The number of hydrogen-bond donors (Lipinski definition) is 2. The minimum absolute atomic E-state index is 0.0880. The van der Waals surface area contributed by atoms with E-state index in [0.717, 1.165) is 0 Å².